The maximum atomic E-state index is 13.1. The Bertz CT molecular complexity index is 1370. The first kappa shape index (κ1) is 25.0. The van der Waals surface area contributed by atoms with Gasteiger partial charge in [-0.05, 0) is 85.5 Å². The second-order valence-corrected chi connectivity index (χ2v) is 10.2. The van der Waals surface area contributed by atoms with Gasteiger partial charge in [-0.3, -0.25) is 14.5 Å². The van der Waals surface area contributed by atoms with Gasteiger partial charge in [0, 0.05) is 10.7 Å². The quantitative estimate of drug-likeness (QED) is 0.289. The summed E-state index contributed by atoms with van der Waals surface area (Å²) in [7, 11) is 0. The SMILES string of the molecule is Cc1ccc(N2C(=O)/C(=C/c3cccc(OCC(=O)Nc4cccc(Cl)c4C)c3)SC2=S)cc1C. The highest BCUT2D eigenvalue weighted by Gasteiger charge is 2.33. The molecule has 0 bridgehead atoms. The number of nitrogens with one attached hydrogen (secondary N) is 1. The number of carbonyl (C=O) groups is 2. The Morgan fingerprint density at radius 3 is 2.63 bits per heavy atom. The van der Waals surface area contributed by atoms with Crippen molar-refractivity contribution in [3.05, 3.63) is 92.8 Å². The Labute approximate surface area is 219 Å². The first-order chi connectivity index (χ1) is 16.7. The van der Waals surface area contributed by atoms with Crippen molar-refractivity contribution in [1.82, 2.24) is 0 Å². The predicted octanol–water partition coefficient (Wildman–Crippen LogP) is 6.69. The molecule has 1 heterocycles. The average molecular weight is 523 g/mol. The molecule has 178 valence electrons. The van der Waals surface area contributed by atoms with Gasteiger partial charge in [0.25, 0.3) is 11.8 Å². The molecular weight excluding hydrogens is 500 g/mol. The maximum Gasteiger partial charge on any atom is 0.270 e. The summed E-state index contributed by atoms with van der Waals surface area (Å²) in [6, 6.07) is 18.4. The van der Waals surface area contributed by atoms with Crippen LogP contribution in [0.1, 0.15) is 22.3 Å². The molecule has 0 spiro atoms. The summed E-state index contributed by atoms with van der Waals surface area (Å²) in [6.45, 7) is 5.71. The van der Waals surface area contributed by atoms with E-state index in [1.807, 2.05) is 51.1 Å². The molecule has 1 aliphatic rings. The van der Waals surface area contributed by atoms with E-state index in [-0.39, 0.29) is 18.4 Å². The summed E-state index contributed by atoms with van der Waals surface area (Å²) in [5, 5.41) is 3.39. The first-order valence-electron chi connectivity index (χ1n) is 10.9. The molecule has 1 fully saturated rings. The zero-order chi connectivity index (χ0) is 25.1. The van der Waals surface area contributed by atoms with Crippen molar-refractivity contribution in [3.63, 3.8) is 0 Å². The van der Waals surface area contributed by atoms with Crippen LogP contribution < -0.4 is 15.0 Å². The summed E-state index contributed by atoms with van der Waals surface area (Å²) in [6.07, 6.45) is 1.78. The average Bonchev–Trinajstić information content (AvgIpc) is 3.10. The number of amides is 2. The second kappa shape index (κ2) is 10.6. The lowest BCUT2D eigenvalue weighted by Crippen LogP contribution is -2.27. The number of ether oxygens (including phenoxy) is 1. The van der Waals surface area contributed by atoms with E-state index < -0.39 is 0 Å². The fourth-order valence-electron chi connectivity index (χ4n) is 3.48. The van der Waals surface area contributed by atoms with Crippen LogP contribution in [0.15, 0.2) is 65.6 Å². The molecule has 35 heavy (non-hydrogen) atoms. The molecule has 8 heteroatoms. The largest absolute Gasteiger partial charge is 0.484 e. The number of hydrogen-bond donors (Lipinski definition) is 1. The van der Waals surface area contributed by atoms with Crippen molar-refractivity contribution in [2.24, 2.45) is 0 Å². The molecule has 5 nitrogen and oxygen atoms in total. The Morgan fingerprint density at radius 2 is 1.86 bits per heavy atom. The number of nitrogens with zero attached hydrogens (tertiary/aromatic N) is 1. The molecule has 0 radical (unpaired) electrons. The molecule has 3 aromatic carbocycles. The van der Waals surface area contributed by atoms with Gasteiger partial charge in [0.1, 0.15) is 5.75 Å². The van der Waals surface area contributed by atoms with Crippen LogP contribution in [0, 0.1) is 20.8 Å². The number of anilines is 2. The van der Waals surface area contributed by atoms with E-state index in [1.165, 1.54) is 11.8 Å². The number of thiocarbonyl (C=S) groups is 1. The number of halogens is 1. The minimum Gasteiger partial charge on any atom is -0.484 e. The second-order valence-electron chi connectivity index (χ2n) is 8.11. The highest BCUT2D eigenvalue weighted by atomic mass is 35.5. The lowest BCUT2D eigenvalue weighted by molar-refractivity contribution is -0.118. The number of aryl methyl sites for hydroxylation is 2. The van der Waals surface area contributed by atoms with E-state index >= 15 is 0 Å². The van der Waals surface area contributed by atoms with Crippen LogP contribution in [0.2, 0.25) is 5.02 Å². The molecule has 1 N–H and O–H groups in total. The van der Waals surface area contributed by atoms with Gasteiger partial charge in [0.05, 0.1) is 10.6 Å². The number of hydrogen-bond acceptors (Lipinski definition) is 5. The standard InChI is InChI=1S/C27H23ClN2O3S2/c1-16-10-11-20(12-17(16)2)30-26(32)24(35-27(30)34)14-19-6-4-7-21(13-19)33-15-25(31)29-23-9-5-8-22(28)18(23)3/h4-14H,15H2,1-3H3,(H,29,31)/b24-14-. The van der Waals surface area contributed by atoms with Crippen LogP contribution in [-0.2, 0) is 9.59 Å². The number of carbonyl (C=O) groups excluding carboxylic acids is 2. The number of rotatable bonds is 6. The van der Waals surface area contributed by atoms with Crippen molar-refractivity contribution < 1.29 is 14.3 Å². The highest BCUT2D eigenvalue weighted by molar-refractivity contribution is 8.27. The Kier molecular flexibility index (Phi) is 7.60. The third-order valence-electron chi connectivity index (χ3n) is 5.61. The summed E-state index contributed by atoms with van der Waals surface area (Å²) >= 11 is 12.9. The number of thioether (sulfide) groups is 1. The fraction of sp³-hybridized carbons (Fsp3) is 0.148. The Morgan fingerprint density at radius 1 is 1.09 bits per heavy atom. The molecule has 0 atom stereocenters. The van der Waals surface area contributed by atoms with Gasteiger partial charge in [-0.1, -0.05) is 59.8 Å². The first-order valence-corrected chi connectivity index (χ1v) is 12.5. The third-order valence-corrected chi connectivity index (χ3v) is 7.32. The van der Waals surface area contributed by atoms with Crippen molar-refractivity contribution >= 4 is 69.2 Å². The smallest absolute Gasteiger partial charge is 0.270 e. The van der Waals surface area contributed by atoms with E-state index in [2.05, 4.69) is 5.32 Å². The lowest BCUT2D eigenvalue weighted by Gasteiger charge is -2.15. The van der Waals surface area contributed by atoms with Gasteiger partial charge >= 0.3 is 0 Å². The van der Waals surface area contributed by atoms with Gasteiger partial charge < -0.3 is 10.1 Å². The van der Waals surface area contributed by atoms with Crippen molar-refractivity contribution in [2.45, 2.75) is 20.8 Å². The minimum atomic E-state index is -0.296. The number of benzene rings is 3. The monoisotopic (exact) mass is 522 g/mol. The van der Waals surface area contributed by atoms with E-state index in [4.69, 9.17) is 28.6 Å². The van der Waals surface area contributed by atoms with E-state index in [9.17, 15) is 9.59 Å². The van der Waals surface area contributed by atoms with Crippen molar-refractivity contribution in [3.8, 4) is 5.75 Å². The third kappa shape index (κ3) is 5.75. The Hall–Kier alpha value is -3.13. The van der Waals surface area contributed by atoms with Gasteiger partial charge in [-0.15, -0.1) is 0 Å². The molecule has 3 aromatic rings. The van der Waals surface area contributed by atoms with E-state index in [0.29, 0.717) is 25.7 Å². The molecule has 1 aliphatic heterocycles. The van der Waals surface area contributed by atoms with Crippen LogP contribution >= 0.6 is 35.6 Å². The van der Waals surface area contributed by atoms with Gasteiger partial charge in [-0.25, -0.2) is 0 Å². The zero-order valence-corrected chi connectivity index (χ0v) is 21.8. The summed E-state index contributed by atoms with van der Waals surface area (Å²) < 4.78 is 6.17. The van der Waals surface area contributed by atoms with Crippen LogP contribution in [-0.4, -0.2) is 22.7 Å². The summed E-state index contributed by atoms with van der Waals surface area (Å²) in [5.41, 5.74) is 5.22. The molecule has 0 unspecified atom stereocenters. The van der Waals surface area contributed by atoms with Crippen LogP contribution in [0.4, 0.5) is 11.4 Å². The van der Waals surface area contributed by atoms with Gasteiger partial charge in [0.2, 0.25) is 0 Å². The Balaban J connectivity index is 1.44. The predicted molar refractivity (Wildman–Crippen MR) is 148 cm³/mol. The van der Waals surface area contributed by atoms with Crippen LogP contribution in [0.5, 0.6) is 5.75 Å². The van der Waals surface area contributed by atoms with Crippen molar-refractivity contribution in [1.29, 1.82) is 0 Å². The van der Waals surface area contributed by atoms with E-state index in [1.54, 1.807) is 41.3 Å². The topological polar surface area (TPSA) is 58.6 Å². The van der Waals surface area contributed by atoms with Gasteiger partial charge in [0.15, 0.2) is 10.9 Å². The lowest BCUT2D eigenvalue weighted by atomic mass is 10.1. The maximum absolute atomic E-state index is 13.1. The zero-order valence-electron chi connectivity index (χ0n) is 19.4. The minimum absolute atomic E-state index is 0.161. The van der Waals surface area contributed by atoms with Gasteiger partial charge in [-0.2, -0.15) is 0 Å². The normalized spacial score (nSPS) is 14.5. The van der Waals surface area contributed by atoms with Crippen LogP contribution in [0.3, 0.4) is 0 Å². The molecule has 2 amide bonds. The molecule has 0 aromatic heterocycles. The molecule has 1 saturated heterocycles. The highest BCUT2D eigenvalue weighted by Crippen LogP contribution is 2.36. The molecule has 0 saturated carbocycles. The fourth-order valence-corrected chi connectivity index (χ4v) is 4.95. The van der Waals surface area contributed by atoms with Crippen molar-refractivity contribution in [2.75, 3.05) is 16.8 Å². The molecule has 0 aliphatic carbocycles. The summed E-state index contributed by atoms with van der Waals surface area (Å²) in [4.78, 5) is 27.5. The molecule has 4 rings (SSSR count). The van der Waals surface area contributed by atoms with E-state index in [0.717, 1.165) is 27.9 Å². The molecular formula is C27H23ClN2O3S2. The van der Waals surface area contributed by atoms with Crippen LogP contribution in [0.25, 0.3) is 6.08 Å². The summed E-state index contributed by atoms with van der Waals surface area (Å²) in [5.74, 6) is 0.0576.